The van der Waals surface area contributed by atoms with Crippen LogP contribution in [0.1, 0.15) is 24.2 Å². The summed E-state index contributed by atoms with van der Waals surface area (Å²) in [6, 6.07) is 11.9. The Labute approximate surface area is 117 Å². The van der Waals surface area contributed by atoms with Gasteiger partial charge in [0.05, 0.1) is 6.10 Å². The Morgan fingerprint density at radius 3 is 2.47 bits per heavy atom. The lowest BCUT2D eigenvalue weighted by Crippen LogP contribution is -2.00. The molecule has 0 aliphatic carbocycles. The molecule has 0 fully saturated rings. The van der Waals surface area contributed by atoms with Gasteiger partial charge in [0.1, 0.15) is 18.1 Å². The molecule has 2 rings (SSSR count). The lowest BCUT2D eigenvalue weighted by atomic mass is 10.1. The molecule has 0 saturated heterocycles. The van der Waals surface area contributed by atoms with Crippen LogP contribution in [0.2, 0.25) is 5.02 Å². The summed E-state index contributed by atoms with van der Waals surface area (Å²) in [6.07, 6.45) is -0.645. The Balaban J connectivity index is 2.13. The Kier molecular flexibility index (Phi) is 4.30. The maximum Gasteiger partial charge on any atom is 0.125 e. The second kappa shape index (κ2) is 5.95. The van der Waals surface area contributed by atoms with Gasteiger partial charge in [0.25, 0.3) is 0 Å². The molecule has 19 heavy (non-hydrogen) atoms. The van der Waals surface area contributed by atoms with Gasteiger partial charge >= 0.3 is 0 Å². The third-order valence-corrected chi connectivity index (χ3v) is 2.99. The number of hydrogen-bond acceptors (Lipinski definition) is 3. The van der Waals surface area contributed by atoms with Crippen LogP contribution in [0.5, 0.6) is 11.5 Å². The van der Waals surface area contributed by atoms with Crippen LogP contribution >= 0.6 is 11.6 Å². The van der Waals surface area contributed by atoms with E-state index in [-0.39, 0.29) is 5.75 Å². The molecule has 0 aliphatic rings. The van der Waals surface area contributed by atoms with E-state index in [0.29, 0.717) is 22.9 Å². The fraction of sp³-hybridized carbons (Fsp3) is 0.200. The van der Waals surface area contributed by atoms with Crippen LogP contribution in [0, 0.1) is 0 Å². The third kappa shape index (κ3) is 3.63. The van der Waals surface area contributed by atoms with Crippen LogP contribution in [0.4, 0.5) is 0 Å². The summed E-state index contributed by atoms with van der Waals surface area (Å²) >= 11 is 5.90. The topological polar surface area (TPSA) is 49.7 Å². The molecule has 0 radical (unpaired) electrons. The van der Waals surface area contributed by atoms with E-state index in [2.05, 4.69) is 0 Å². The summed E-state index contributed by atoms with van der Waals surface area (Å²) in [5, 5.41) is 19.5. The first-order chi connectivity index (χ1) is 9.06. The maximum atomic E-state index is 9.69. The van der Waals surface area contributed by atoms with Crippen molar-refractivity contribution in [3.8, 4) is 11.5 Å². The second-order valence-corrected chi connectivity index (χ2v) is 4.75. The predicted molar refractivity (Wildman–Crippen MR) is 74.5 cm³/mol. The number of halogens is 1. The molecule has 2 aromatic carbocycles. The lowest BCUT2D eigenvalue weighted by molar-refractivity contribution is 0.190. The highest BCUT2D eigenvalue weighted by Gasteiger charge is 2.10. The smallest absolute Gasteiger partial charge is 0.125 e. The molecule has 4 heteroatoms. The summed E-state index contributed by atoms with van der Waals surface area (Å²) in [5.74, 6) is 0.826. The molecule has 0 spiro atoms. The minimum Gasteiger partial charge on any atom is -0.508 e. The summed E-state index contributed by atoms with van der Waals surface area (Å²) in [6.45, 7) is 2.03. The normalized spacial score (nSPS) is 12.2. The van der Waals surface area contributed by atoms with Gasteiger partial charge in [0.15, 0.2) is 0 Å². The molecule has 3 nitrogen and oxygen atoms in total. The molecule has 1 atom stereocenters. The molecule has 0 heterocycles. The van der Waals surface area contributed by atoms with Crippen LogP contribution in [-0.2, 0) is 6.61 Å². The van der Waals surface area contributed by atoms with Crippen LogP contribution in [0.15, 0.2) is 42.5 Å². The van der Waals surface area contributed by atoms with Gasteiger partial charge in [0, 0.05) is 10.6 Å². The van der Waals surface area contributed by atoms with Crippen molar-refractivity contribution >= 4 is 11.6 Å². The Hall–Kier alpha value is -1.71. The van der Waals surface area contributed by atoms with Gasteiger partial charge in [-0.05, 0) is 42.8 Å². The van der Waals surface area contributed by atoms with E-state index in [1.165, 1.54) is 0 Å². The molecule has 0 aromatic heterocycles. The summed E-state index contributed by atoms with van der Waals surface area (Å²) in [4.78, 5) is 0. The van der Waals surface area contributed by atoms with E-state index in [1.54, 1.807) is 49.4 Å². The molecular weight excluding hydrogens is 264 g/mol. The molecule has 0 amide bonds. The van der Waals surface area contributed by atoms with Gasteiger partial charge in [-0.25, -0.2) is 0 Å². The SMILES string of the molecule is C[C@H](O)c1cc(Cl)ccc1OCc1ccc(O)cc1. The number of hydrogen-bond donors (Lipinski definition) is 2. The van der Waals surface area contributed by atoms with E-state index in [4.69, 9.17) is 16.3 Å². The molecule has 100 valence electrons. The van der Waals surface area contributed by atoms with Gasteiger partial charge in [-0.2, -0.15) is 0 Å². The molecule has 2 aromatic rings. The minimum absolute atomic E-state index is 0.222. The van der Waals surface area contributed by atoms with Gasteiger partial charge < -0.3 is 14.9 Å². The number of ether oxygens (including phenoxy) is 1. The molecule has 0 aliphatic heterocycles. The Morgan fingerprint density at radius 1 is 1.16 bits per heavy atom. The number of aliphatic hydroxyl groups is 1. The summed E-state index contributed by atoms with van der Waals surface area (Å²) in [7, 11) is 0. The molecular formula is C15H15ClO3. The van der Waals surface area contributed by atoms with Crippen molar-refractivity contribution in [3.05, 3.63) is 58.6 Å². The highest BCUT2D eigenvalue weighted by molar-refractivity contribution is 6.30. The molecule has 0 unspecified atom stereocenters. The zero-order chi connectivity index (χ0) is 13.8. The molecule has 0 saturated carbocycles. The largest absolute Gasteiger partial charge is 0.508 e. The predicted octanol–water partition coefficient (Wildman–Crippen LogP) is 3.68. The first-order valence-corrected chi connectivity index (χ1v) is 6.32. The quantitative estimate of drug-likeness (QED) is 0.897. The van der Waals surface area contributed by atoms with Gasteiger partial charge in [0.2, 0.25) is 0 Å². The van der Waals surface area contributed by atoms with E-state index in [9.17, 15) is 10.2 Å². The second-order valence-electron chi connectivity index (χ2n) is 4.31. The molecule has 0 bridgehead atoms. The number of aliphatic hydroxyl groups excluding tert-OH is 1. The first-order valence-electron chi connectivity index (χ1n) is 5.94. The Bertz CT molecular complexity index is 550. The summed E-state index contributed by atoms with van der Waals surface area (Å²) < 4.78 is 5.68. The van der Waals surface area contributed by atoms with Crippen LogP contribution in [0.25, 0.3) is 0 Å². The van der Waals surface area contributed by atoms with Crippen molar-refractivity contribution in [1.82, 2.24) is 0 Å². The van der Waals surface area contributed by atoms with E-state index in [0.717, 1.165) is 5.56 Å². The standard InChI is InChI=1S/C15H15ClO3/c1-10(17)14-8-12(16)4-7-15(14)19-9-11-2-5-13(18)6-3-11/h2-8,10,17-18H,9H2,1H3/t10-/m0/s1. The van der Waals surface area contributed by atoms with Gasteiger partial charge in [-0.1, -0.05) is 23.7 Å². The van der Waals surface area contributed by atoms with Crippen molar-refractivity contribution in [2.75, 3.05) is 0 Å². The van der Waals surface area contributed by atoms with E-state index in [1.807, 2.05) is 0 Å². The number of phenolic OH excluding ortho intramolecular Hbond substituents is 1. The molecule has 2 N–H and O–H groups in total. The number of phenols is 1. The highest BCUT2D eigenvalue weighted by Crippen LogP contribution is 2.29. The van der Waals surface area contributed by atoms with Crippen molar-refractivity contribution in [2.45, 2.75) is 19.6 Å². The van der Waals surface area contributed by atoms with E-state index < -0.39 is 6.10 Å². The minimum atomic E-state index is -0.645. The van der Waals surface area contributed by atoms with Crippen LogP contribution in [0.3, 0.4) is 0 Å². The van der Waals surface area contributed by atoms with Crippen molar-refractivity contribution in [1.29, 1.82) is 0 Å². The number of rotatable bonds is 4. The van der Waals surface area contributed by atoms with Gasteiger partial charge in [-0.3, -0.25) is 0 Å². The van der Waals surface area contributed by atoms with Crippen LogP contribution in [-0.4, -0.2) is 10.2 Å². The zero-order valence-corrected chi connectivity index (χ0v) is 11.3. The van der Waals surface area contributed by atoms with Crippen LogP contribution < -0.4 is 4.74 Å². The number of benzene rings is 2. The fourth-order valence-corrected chi connectivity index (χ4v) is 1.91. The third-order valence-electron chi connectivity index (χ3n) is 2.75. The van der Waals surface area contributed by atoms with Crippen molar-refractivity contribution in [2.24, 2.45) is 0 Å². The lowest BCUT2D eigenvalue weighted by Gasteiger charge is -2.14. The Morgan fingerprint density at radius 2 is 1.84 bits per heavy atom. The average Bonchev–Trinajstić information content (AvgIpc) is 2.39. The van der Waals surface area contributed by atoms with Crippen molar-refractivity contribution < 1.29 is 14.9 Å². The monoisotopic (exact) mass is 278 g/mol. The number of aromatic hydroxyl groups is 1. The zero-order valence-electron chi connectivity index (χ0n) is 10.5. The summed E-state index contributed by atoms with van der Waals surface area (Å²) in [5.41, 5.74) is 1.59. The fourth-order valence-electron chi connectivity index (χ4n) is 1.73. The average molecular weight is 279 g/mol. The van der Waals surface area contributed by atoms with Gasteiger partial charge in [-0.15, -0.1) is 0 Å². The van der Waals surface area contributed by atoms with Crippen molar-refractivity contribution in [3.63, 3.8) is 0 Å². The maximum absolute atomic E-state index is 9.69. The highest BCUT2D eigenvalue weighted by atomic mass is 35.5. The van der Waals surface area contributed by atoms with E-state index >= 15 is 0 Å². The first kappa shape index (κ1) is 13.7.